The molecule has 0 aliphatic heterocycles. The van der Waals surface area contributed by atoms with Crippen molar-refractivity contribution in [2.45, 2.75) is 6.61 Å². The Kier molecular flexibility index (Phi) is 7.80. The van der Waals surface area contributed by atoms with Crippen LogP contribution in [0, 0.1) is 0 Å². The minimum Gasteiger partial charge on any atom is -0.508 e. The molecule has 8 heteroatoms. The van der Waals surface area contributed by atoms with Crippen LogP contribution in [0.4, 0.5) is 0 Å². The average molecular weight is 498 g/mol. The molecule has 0 aromatic heterocycles. The molecule has 4 rings (SSSR count). The topological polar surface area (TPSA) is 108 Å². The standard InChI is InChI=1S/C29H22O8/c1-34-23-13-9-21(10-14-23)28(32)37-26-16-15-24(36-27(31)20-7-11-22(30)12-8-20)17-25(26)29(33)35-18-19-5-3-2-4-6-19/h2-17,30H,18H2,1H3. The average Bonchev–Trinajstić information content (AvgIpc) is 2.93. The SMILES string of the molecule is COc1ccc(C(=O)Oc2ccc(OC(=O)c3ccc(O)cc3)cc2C(=O)OCc2ccccc2)cc1. The van der Waals surface area contributed by atoms with Crippen LogP contribution in [0.2, 0.25) is 0 Å². The second kappa shape index (κ2) is 11.5. The van der Waals surface area contributed by atoms with Crippen molar-refractivity contribution in [1.29, 1.82) is 0 Å². The highest BCUT2D eigenvalue weighted by Crippen LogP contribution is 2.27. The number of phenolic OH excluding ortho intramolecular Hbond substituents is 1. The van der Waals surface area contributed by atoms with E-state index in [0.29, 0.717) is 5.75 Å². The van der Waals surface area contributed by atoms with Gasteiger partial charge in [-0.25, -0.2) is 14.4 Å². The summed E-state index contributed by atoms with van der Waals surface area (Å²) in [7, 11) is 1.51. The fraction of sp³-hybridized carbons (Fsp3) is 0.0690. The maximum absolute atomic E-state index is 13.0. The van der Waals surface area contributed by atoms with Crippen LogP contribution in [-0.4, -0.2) is 30.1 Å². The summed E-state index contributed by atoms with van der Waals surface area (Å²) < 4.78 is 21.4. The quantitative estimate of drug-likeness (QED) is 0.261. The first kappa shape index (κ1) is 25.0. The highest BCUT2D eigenvalue weighted by molar-refractivity contribution is 5.97. The van der Waals surface area contributed by atoms with Crippen LogP contribution in [0.1, 0.15) is 36.6 Å². The van der Waals surface area contributed by atoms with Crippen molar-refractivity contribution in [2.75, 3.05) is 7.11 Å². The van der Waals surface area contributed by atoms with Crippen molar-refractivity contribution in [1.82, 2.24) is 0 Å². The van der Waals surface area contributed by atoms with Crippen molar-refractivity contribution >= 4 is 17.9 Å². The van der Waals surface area contributed by atoms with Crippen molar-refractivity contribution in [3.63, 3.8) is 0 Å². The molecule has 0 unspecified atom stereocenters. The highest BCUT2D eigenvalue weighted by atomic mass is 16.6. The number of hydrogen-bond acceptors (Lipinski definition) is 8. The highest BCUT2D eigenvalue weighted by Gasteiger charge is 2.21. The number of esters is 3. The molecule has 0 saturated carbocycles. The van der Waals surface area contributed by atoms with Crippen LogP contribution in [0.25, 0.3) is 0 Å². The van der Waals surface area contributed by atoms with Gasteiger partial charge in [0.25, 0.3) is 0 Å². The molecule has 0 heterocycles. The molecule has 0 fully saturated rings. The molecule has 1 N–H and O–H groups in total. The molecule has 0 amide bonds. The lowest BCUT2D eigenvalue weighted by Gasteiger charge is -2.13. The molecule has 8 nitrogen and oxygen atoms in total. The number of carbonyl (C=O) groups excluding carboxylic acids is 3. The first-order valence-corrected chi connectivity index (χ1v) is 11.2. The van der Waals surface area contributed by atoms with Gasteiger partial charge in [0.2, 0.25) is 0 Å². The summed E-state index contributed by atoms with van der Waals surface area (Å²) in [6, 6.07) is 24.9. The third-order valence-corrected chi connectivity index (χ3v) is 5.23. The van der Waals surface area contributed by atoms with Gasteiger partial charge in [-0.1, -0.05) is 30.3 Å². The van der Waals surface area contributed by atoms with E-state index < -0.39 is 17.9 Å². The van der Waals surface area contributed by atoms with Gasteiger partial charge in [0.05, 0.1) is 18.2 Å². The van der Waals surface area contributed by atoms with E-state index in [1.807, 2.05) is 18.2 Å². The Labute approximate surface area is 212 Å². The summed E-state index contributed by atoms with van der Waals surface area (Å²) in [6.45, 7) is -0.0108. The molecule has 37 heavy (non-hydrogen) atoms. The third kappa shape index (κ3) is 6.52. The molecule has 0 aliphatic carbocycles. The number of ether oxygens (including phenoxy) is 4. The van der Waals surface area contributed by atoms with E-state index in [1.54, 1.807) is 24.3 Å². The third-order valence-electron chi connectivity index (χ3n) is 5.23. The molecule has 0 atom stereocenters. The number of methoxy groups -OCH3 is 1. The molecule has 0 bridgehead atoms. The zero-order valence-electron chi connectivity index (χ0n) is 19.7. The normalized spacial score (nSPS) is 10.3. The number of rotatable bonds is 8. The molecule has 186 valence electrons. The Balaban J connectivity index is 1.57. The molecule has 0 radical (unpaired) electrons. The summed E-state index contributed by atoms with van der Waals surface area (Å²) in [4.78, 5) is 38.2. The van der Waals surface area contributed by atoms with Crippen molar-refractivity contribution in [3.8, 4) is 23.0 Å². The van der Waals surface area contributed by atoms with E-state index in [2.05, 4.69) is 0 Å². The van der Waals surface area contributed by atoms with E-state index in [1.165, 1.54) is 61.7 Å². The number of benzene rings is 4. The van der Waals surface area contributed by atoms with E-state index in [4.69, 9.17) is 18.9 Å². The molecule has 4 aromatic carbocycles. The van der Waals surface area contributed by atoms with Gasteiger partial charge in [0.15, 0.2) is 0 Å². The maximum Gasteiger partial charge on any atom is 0.343 e. The van der Waals surface area contributed by atoms with Crippen LogP contribution >= 0.6 is 0 Å². The van der Waals surface area contributed by atoms with Gasteiger partial charge in [0, 0.05) is 0 Å². The van der Waals surface area contributed by atoms with Gasteiger partial charge in [-0.2, -0.15) is 0 Å². The zero-order chi connectivity index (χ0) is 26.2. The number of phenols is 1. The van der Waals surface area contributed by atoms with Gasteiger partial charge >= 0.3 is 17.9 Å². The monoisotopic (exact) mass is 498 g/mol. The molecular weight excluding hydrogens is 476 g/mol. The Morgan fingerprint density at radius 2 is 1.27 bits per heavy atom. The lowest BCUT2D eigenvalue weighted by Crippen LogP contribution is -2.14. The van der Waals surface area contributed by atoms with Crippen molar-refractivity contribution in [3.05, 3.63) is 119 Å². The molecule has 0 spiro atoms. The van der Waals surface area contributed by atoms with Gasteiger partial charge in [-0.05, 0) is 72.3 Å². The number of carbonyl (C=O) groups is 3. The molecular formula is C29H22O8. The minimum absolute atomic E-state index is 0.00280. The lowest BCUT2D eigenvalue weighted by molar-refractivity contribution is 0.0465. The fourth-order valence-corrected chi connectivity index (χ4v) is 3.27. The van der Waals surface area contributed by atoms with Crippen LogP contribution in [-0.2, 0) is 11.3 Å². The summed E-state index contributed by atoms with van der Waals surface area (Å²) in [5, 5.41) is 9.42. The fourth-order valence-electron chi connectivity index (χ4n) is 3.27. The Hall–Kier alpha value is -5.11. The van der Waals surface area contributed by atoms with Crippen molar-refractivity contribution in [2.24, 2.45) is 0 Å². The summed E-state index contributed by atoms with van der Waals surface area (Å²) in [6.07, 6.45) is 0. The zero-order valence-corrected chi connectivity index (χ0v) is 19.7. The number of hydrogen-bond donors (Lipinski definition) is 1. The first-order chi connectivity index (χ1) is 17.9. The van der Waals surface area contributed by atoms with E-state index >= 15 is 0 Å². The lowest BCUT2D eigenvalue weighted by atomic mass is 10.1. The maximum atomic E-state index is 13.0. The van der Waals surface area contributed by atoms with Gasteiger partial charge in [-0.3, -0.25) is 0 Å². The second-order valence-corrected chi connectivity index (χ2v) is 7.77. The van der Waals surface area contributed by atoms with Crippen molar-refractivity contribution < 1.29 is 38.4 Å². The van der Waals surface area contributed by atoms with Crippen LogP contribution in [0.15, 0.2) is 97.1 Å². The summed E-state index contributed by atoms with van der Waals surface area (Å²) in [5.41, 5.74) is 1.10. The Morgan fingerprint density at radius 1 is 0.676 bits per heavy atom. The predicted molar refractivity (Wildman–Crippen MR) is 133 cm³/mol. The largest absolute Gasteiger partial charge is 0.508 e. The Morgan fingerprint density at radius 3 is 1.92 bits per heavy atom. The number of aromatic hydroxyl groups is 1. The second-order valence-electron chi connectivity index (χ2n) is 7.77. The smallest absolute Gasteiger partial charge is 0.343 e. The molecule has 0 aliphatic rings. The van der Waals surface area contributed by atoms with E-state index in [9.17, 15) is 19.5 Å². The van der Waals surface area contributed by atoms with E-state index in [0.717, 1.165) is 5.56 Å². The van der Waals surface area contributed by atoms with Gasteiger partial charge < -0.3 is 24.1 Å². The summed E-state index contributed by atoms with van der Waals surface area (Å²) >= 11 is 0. The van der Waals surface area contributed by atoms with Gasteiger partial charge in [0.1, 0.15) is 35.2 Å². The minimum atomic E-state index is -0.774. The van der Waals surface area contributed by atoms with Gasteiger partial charge in [-0.15, -0.1) is 0 Å². The molecule has 4 aromatic rings. The van der Waals surface area contributed by atoms with Crippen LogP contribution in [0.3, 0.4) is 0 Å². The molecule has 0 saturated heterocycles. The summed E-state index contributed by atoms with van der Waals surface area (Å²) in [5.74, 6) is -1.63. The van der Waals surface area contributed by atoms with Crippen LogP contribution < -0.4 is 14.2 Å². The van der Waals surface area contributed by atoms with E-state index in [-0.39, 0.29) is 40.5 Å². The Bertz CT molecular complexity index is 1390. The predicted octanol–water partition coefficient (Wildman–Crippen LogP) is 5.20. The first-order valence-electron chi connectivity index (χ1n) is 11.2. The van der Waals surface area contributed by atoms with Crippen LogP contribution in [0.5, 0.6) is 23.0 Å².